The second-order valence-corrected chi connectivity index (χ2v) is 7.58. The van der Waals surface area contributed by atoms with Crippen LogP contribution in [-0.4, -0.2) is 43.9 Å². The van der Waals surface area contributed by atoms with E-state index in [-0.39, 0.29) is 24.8 Å². The lowest BCUT2D eigenvalue weighted by Crippen LogP contribution is -2.25. The van der Waals surface area contributed by atoms with Crippen LogP contribution in [0.5, 0.6) is 0 Å². The number of benzene rings is 3. The minimum absolute atomic E-state index is 0.00588. The van der Waals surface area contributed by atoms with Gasteiger partial charge in [-0.2, -0.15) is 4.80 Å². The summed E-state index contributed by atoms with van der Waals surface area (Å²) in [6.07, 6.45) is -1.62. The van der Waals surface area contributed by atoms with E-state index in [4.69, 9.17) is 10.5 Å². The molecule has 3 aromatic carbocycles. The number of hydrogen-bond donors (Lipinski definition) is 2. The van der Waals surface area contributed by atoms with E-state index in [1.54, 1.807) is 48.5 Å². The van der Waals surface area contributed by atoms with Gasteiger partial charge in [-0.05, 0) is 52.7 Å². The van der Waals surface area contributed by atoms with Crippen molar-refractivity contribution in [2.24, 2.45) is 5.73 Å². The molecule has 174 valence electrons. The summed E-state index contributed by atoms with van der Waals surface area (Å²) in [6, 6.07) is 18.0. The van der Waals surface area contributed by atoms with Gasteiger partial charge in [0.05, 0.1) is 19.3 Å². The molecule has 0 radical (unpaired) electrons. The number of tetrazole rings is 1. The molecule has 1 aromatic heterocycles. The lowest BCUT2D eigenvalue weighted by Gasteiger charge is -2.21. The zero-order valence-electron chi connectivity index (χ0n) is 17.9. The van der Waals surface area contributed by atoms with Crippen molar-refractivity contribution >= 4 is 5.91 Å². The number of rotatable bonds is 9. The van der Waals surface area contributed by atoms with Gasteiger partial charge in [-0.3, -0.25) is 4.79 Å². The molecule has 0 bridgehead atoms. The molecule has 1 amide bonds. The molecule has 8 nitrogen and oxygen atoms in total. The van der Waals surface area contributed by atoms with Crippen molar-refractivity contribution in [3.8, 4) is 11.4 Å². The molecule has 0 fully saturated rings. The van der Waals surface area contributed by atoms with Crippen molar-refractivity contribution < 1.29 is 23.4 Å². The second-order valence-electron chi connectivity index (χ2n) is 7.58. The minimum Gasteiger partial charge on any atom is -0.389 e. The predicted molar refractivity (Wildman–Crippen MR) is 118 cm³/mol. The zero-order chi connectivity index (χ0) is 24.1. The number of aliphatic hydroxyl groups excluding tert-OH is 1. The van der Waals surface area contributed by atoms with Crippen LogP contribution in [-0.2, 0) is 11.3 Å². The quantitative estimate of drug-likeness (QED) is 0.393. The molecule has 1 heterocycles. The van der Waals surface area contributed by atoms with Gasteiger partial charge in [-0.1, -0.05) is 36.4 Å². The van der Waals surface area contributed by atoms with Gasteiger partial charge in [0, 0.05) is 11.1 Å². The van der Waals surface area contributed by atoms with E-state index < -0.39 is 18.1 Å². The van der Waals surface area contributed by atoms with Crippen molar-refractivity contribution in [2.45, 2.75) is 18.8 Å². The predicted octanol–water partition coefficient (Wildman–Crippen LogP) is 2.88. The SMILES string of the molecule is NC(=O)c1ccc(-c2nnn(CC(O)COC(c3ccc(F)cc3)c3ccc(F)cc3)n2)cc1. The Morgan fingerprint density at radius 2 is 1.50 bits per heavy atom. The average Bonchev–Trinajstić information content (AvgIpc) is 3.30. The first-order valence-electron chi connectivity index (χ1n) is 10.4. The number of nitrogens with two attached hydrogens (primary N) is 1. The molecule has 0 aliphatic rings. The van der Waals surface area contributed by atoms with Crippen molar-refractivity contribution in [1.29, 1.82) is 0 Å². The van der Waals surface area contributed by atoms with Crippen LogP contribution in [0.4, 0.5) is 8.78 Å². The molecule has 3 N–H and O–H groups in total. The number of nitrogens with zero attached hydrogens (tertiary/aromatic N) is 4. The molecular formula is C24H21F2N5O3. The average molecular weight is 465 g/mol. The molecule has 0 aliphatic carbocycles. The monoisotopic (exact) mass is 465 g/mol. The van der Waals surface area contributed by atoms with Gasteiger partial charge in [0.2, 0.25) is 11.7 Å². The number of amides is 1. The highest BCUT2D eigenvalue weighted by atomic mass is 19.1. The molecule has 0 saturated heterocycles. The van der Waals surface area contributed by atoms with Crippen LogP contribution in [0.2, 0.25) is 0 Å². The molecule has 0 spiro atoms. The number of halogens is 2. The van der Waals surface area contributed by atoms with Gasteiger partial charge < -0.3 is 15.6 Å². The fourth-order valence-corrected chi connectivity index (χ4v) is 3.33. The Kier molecular flexibility index (Phi) is 7.00. The van der Waals surface area contributed by atoms with E-state index in [1.807, 2.05) is 0 Å². The third-order valence-corrected chi connectivity index (χ3v) is 5.06. The van der Waals surface area contributed by atoms with E-state index in [0.717, 1.165) is 0 Å². The third kappa shape index (κ3) is 5.66. The van der Waals surface area contributed by atoms with Crippen molar-refractivity contribution in [3.05, 3.63) is 101 Å². The normalized spacial score (nSPS) is 12.1. The van der Waals surface area contributed by atoms with E-state index in [9.17, 15) is 18.7 Å². The molecule has 0 saturated carbocycles. The fourth-order valence-electron chi connectivity index (χ4n) is 3.33. The largest absolute Gasteiger partial charge is 0.389 e. The highest BCUT2D eigenvalue weighted by Crippen LogP contribution is 2.27. The zero-order valence-corrected chi connectivity index (χ0v) is 17.9. The number of carbonyl (C=O) groups excluding carboxylic acids is 1. The highest BCUT2D eigenvalue weighted by molar-refractivity contribution is 5.93. The smallest absolute Gasteiger partial charge is 0.248 e. The van der Waals surface area contributed by atoms with Crippen LogP contribution in [0.15, 0.2) is 72.8 Å². The maximum Gasteiger partial charge on any atom is 0.248 e. The van der Waals surface area contributed by atoms with Crippen LogP contribution in [0, 0.1) is 11.6 Å². The van der Waals surface area contributed by atoms with Gasteiger partial charge in [0.15, 0.2) is 0 Å². The number of primary amides is 1. The molecule has 0 aliphatic heterocycles. The van der Waals surface area contributed by atoms with Crippen molar-refractivity contribution in [1.82, 2.24) is 20.2 Å². The number of carbonyl (C=O) groups is 1. The summed E-state index contributed by atoms with van der Waals surface area (Å²) >= 11 is 0. The second kappa shape index (κ2) is 10.3. The number of ether oxygens (including phenoxy) is 1. The molecular weight excluding hydrogens is 444 g/mol. The van der Waals surface area contributed by atoms with E-state index in [2.05, 4.69) is 15.4 Å². The van der Waals surface area contributed by atoms with Crippen LogP contribution >= 0.6 is 0 Å². The third-order valence-electron chi connectivity index (χ3n) is 5.06. The Morgan fingerprint density at radius 1 is 0.941 bits per heavy atom. The van der Waals surface area contributed by atoms with Crippen LogP contribution in [0.1, 0.15) is 27.6 Å². The van der Waals surface area contributed by atoms with Crippen molar-refractivity contribution in [3.63, 3.8) is 0 Å². The number of aliphatic hydroxyl groups is 1. The summed E-state index contributed by atoms with van der Waals surface area (Å²) in [5.41, 5.74) is 7.54. The maximum absolute atomic E-state index is 13.4. The van der Waals surface area contributed by atoms with E-state index >= 15 is 0 Å². The fraction of sp³-hybridized carbons (Fsp3) is 0.167. The topological polar surface area (TPSA) is 116 Å². The molecule has 10 heteroatoms. The summed E-state index contributed by atoms with van der Waals surface area (Å²) < 4.78 is 32.7. The van der Waals surface area contributed by atoms with Crippen molar-refractivity contribution in [2.75, 3.05) is 6.61 Å². The molecule has 1 unspecified atom stereocenters. The summed E-state index contributed by atoms with van der Waals surface area (Å²) in [5, 5.41) is 22.6. The number of hydrogen-bond acceptors (Lipinski definition) is 6. The Hall–Kier alpha value is -4.02. The van der Waals surface area contributed by atoms with Gasteiger partial charge in [-0.25, -0.2) is 8.78 Å². The van der Waals surface area contributed by atoms with Gasteiger partial charge >= 0.3 is 0 Å². The van der Waals surface area contributed by atoms with Gasteiger partial charge in [0.1, 0.15) is 17.7 Å². The molecule has 34 heavy (non-hydrogen) atoms. The van der Waals surface area contributed by atoms with E-state index in [0.29, 0.717) is 28.1 Å². The lowest BCUT2D eigenvalue weighted by atomic mass is 10.0. The summed E-state index contributed by atoms with van der Waals surface area (Å²) in [4.78, 5) is 12.4. The standard InChI is InChI=1S/C24H21F2N5O3/c25-19-9-5-15(6-10-19)22(16-7-11-20(26)12-8-16)34-14-21(32)13-31-29-24(28-30-31)18-3-1-17(2-4-18)23(27)33/h1-12,21-22,32H,13-14H2,(H2,27,33). The van der Waals surface area contributed by atoms with Crippen LogP contribution in [0.25, 0.3) is 11.4 Å². The minimum atomic E-state index is -0.984. The Bertz CT molecular complexity index is 1200. The highest BCUT2D eigenvalue weighted by Gasteiger charge is 2.18. The number of aromatic nitrogens is 4. The maximum atomic E-state index is 13.4. The summed E-state index contributed by atoms with van der Waals surface area (Å²) in [7, 11) is 0. The first kappa shape index (κ1) is 23.1. The Labute approximate surface area is 193 Å². The first-order chi connectivity index (χ1) is 16.4. The van der Waals surface area contributed by atoms with Crippen LogP contribution < -0.4 is 5.73 Å². The Balaban J connectivity index is 1.42. The molecule has 1 atom stereocenters. The first-order valence-corrected chi connectivity index (χ1v) is 10.4. The lowest BCUT2D eigenvalue weighted by molar-refractivity contribution is -0.00372. The Morgan fingerprint density at radius 3 is 2.03 bits per heavy atom. The van der Waals surface area contributed by atoms with Crippen LogP contribution in [0.3, 0.4) is 0 Å². The van der Waals surface area contributed by atoms with Gasteiger partial charge in [-0.15, -0.1) is 10.2 Å². The summed E-state index contributed by atoms with van der Waals surface area (Å²) in [6.45, 7) is -0.0878. The molecule has 4 aromatic rings. The molecule has 4 rings (SSSR count). The summed E-state index contributed by atoms with van der Waals surface area (Å²) in [5.74, 6) is -0.997. The van der Waals surface area contributed by atoms with E-state index in [1.165, 1.54) is 29.1 Å². The van der Waals surface area contributed by atoms with Gasteiger partial charge in [0.25, 0.3) is 0 Å².